The fraction of sp³-hybridized carbons (Fsp3) is 0.500. The molecule has 6 heteroatoms. The minimum atomic E-state index is -0.183. The summed E-state index contributed by atoms with van der Waals surface area (Å²) in [6.07, 6.45) is 2.59. The summed E-state index contributed by atoms with van der Waals surface area (Å²) in [6, 6.07) is 3.09. The summed E-state index contributed by atoms with van der Waals surface area (Å²) in [4.78, 5) is 23.2. The number of carbonyl (C=O) groups is 1. The molecule has 1 atom stereocenters. The van der Waals surface area contributed by atoms with Gasteiger partial charge in [0.25, 0.3) is 5.56 Å². The zero-order valence-electron chi connectivity index (χ0n) is 9.89. The van der Waals surface area contributed by atoms with Gasteiger partial charge in [-0.25, -0.2) is 0 Å². The third-order valence-corrected chi connectivity index (χ3v) is 3.34. The number of halogens is 1. The molecule has 0 aliphatic carbocycles. The van der Waals surface area contributed by atoms with Gasteiger partial charge in [0.1, 0.15) is 6.54 Å². The first-order valence-electron chi connectivity index (χ1n) is 5.85. The molecule has 2 heterocycles. The molecule has 0 spiro atoms. The highest BCUT2D eigenvalue weighted by Gasteiger charge is 2.16. The van der Waals surface area contributed by atoms with Crippen LogP contribution in [-0.4, -0.2) is 30.2 Å². The van der Waals surface area contributed by atoms with Crippen LogP contribution >= 0.6 is 15.9 Å². The van der Waals surface area contributed by atoms with E-state index in [4.69, 9.17) is 4.74 Å². The van der Waals surface area contributed by atoms with Gasteiger partial charge in [0.05, 0.1) is 6.61 Å². The number of carbonyl (C=O) groups excluding carboxylic acids is 1. The number of ether oxygens (including phenoxy) is 1. The molecule has 0 bridgehead atoms. The van der Waals surface area contributed by atoms with E-state index >= 15 is 0 Å². The fourth-order valence-corrected chi connectivity index (χ4v) is 2.22. The Morgan fingerprint density at radius 3 is 3.11 bits per heavy atom. The minimum Gasteiger partial charge on any atom is -0.381 e. The van der Waals surface area contributed by atoms with Crippen LogP contribution in [0.25, 0.3) is 0 Å². The van der Waals surface area contributed by atoms with Crippen molar-refractivity contribution in [2.75, 3.05) is 19.8 Å². The molecule has 18 heavy (non-hydrogen) atoms. The Balaban J connectivity index is 1.86. The summed E-state index contributed by atoms with van der Waals surface area (Å²) >= 11 is 3.27. The molecular formula is C12H15BrN2O3. The molecule has 1 unspecified atom stereocenters. The van der Waals surface area contributed by atoms with Gasteiger partial charge in [0.2, 0.25) is 5.91 Å². The van der Waals surface area contributed by atoms with Crippen molar-refractivity contribution in [3.63, 3.8) is 0 Å². The third kappa shape index (κ3) is 3.68. The number of rotatable bonds is 4. The molecule has 1 aromatic heterocycles. The number of hydrogen-bond donors (Lipinski definition) is 1. The van der Waals surface area contributed by atoms with Crippen LogP contribution in [0.5, 0.6) is 0 Å². The van der Waals surface area contributed by atoms with Gasteiger partial charge < -0.3 is 14.6 Å². The SMILES string of the molecule is O=C(Cn1cc(Br)ccc1=O)NCC1CCOC1. The topological polar surface area (TPSA) is 60.3 Å². The van der Waals surface area contributed by atoms with Crippen molar-refractivity contribution in [1.82, 2.24) is 9.88 Å². The van der Waals surface area contributed by atoms with Crippen LogP contribution in [0, 0.1) is 5.92 Å². The quantitative estimate of drug-likeness (QED) is 0.892. The lowest BCUT2D eigenvalue weighted by atomic mass is 10.1. The van der Waals surface area contributed by atoms with Gasteiger partial charge in [0.15, 0.2) is 0 Å². The molecule has 0 aromatic carbocycles. The highest BCUT2D eigenvalue weighted by molar-refractivity contribution is 9.10. The number of pyridine rings is 1. The Morgan fingerprint density at radius 2 is 2.39 bits per heavy atom. The first kappa shape index (κ1) is 13.3. The fourth-order valence-electron chi connectivity index (χ4n) is 1.84. The van der Waals surface area contributed by atoms with E-state index in [2.05, 4.69) is 21.2 Å². The number of hydrogen-bond acceptors (Lipinski definition) is 3. The lowest BCUT2D eigenvalue weighted by Gasteiger charge is -2.10. The molecule has 1 saturated heterocycles. The smallest absolute Gasteiger partial charge is 0.251 e. The maximum atomic E-state index is 11.7. The second-order valence-corrected chi connectivity index (χ2v) is 5.26. The van der Waals surface area contributed by atoms with Gasteiger partial charge in [-0.1, -0.05) is 0 Å². The van der Waals surface area contributed by atoms with E-state index in [9.17, 15) is 9.59 Å². The van der Waals surface area contributed by atoms with Gasteiger partial charge >= 0.3 is 0 Å². The summed E-state index contributed by atoms with van der Waals surface area (Å²) in [7, 11) is 0. The average molecular weight is 315 g/mol. The van der Waals surface area contributed by atoms with E-state index in [1.54, 1.807) is 12.3 Å². The predicted octanol–water partition coefficient (Wildman–Crippen LogP) is 0.763. The maximum absolute atomic E-state index is 11.7. The third-order valence-electron chi connectivity index (χ3n) is 2.87. The van der Waals surface area contributed by atoms with E-state index in [1.807, 2.05) is 0 Å². The Labute approximate surface area is 113 Å². The number of aromatic nitrogens is 1. The van der Waals surface area contributed by atoms with Crippen LogP contribution < -0.4 is 10.9 Å². The standard InChI is InChI=1S/C12H15BrN2O3/c13-10-1-2-12(17)15(6-10)7-11(16)14-5-9-3-4-18-8-9/h1-2,6,9H,3-5,7-8H2,(H,14,16). The molecule has 98 valence electrons. The Morgan fingerprint density at radius 1 is 1.56 bits per heavy atom. The summed E-state index contributed by atoms with van der Waals surface area (Å²) in [6.45, 7) is 2.14. The van der Waals surface area contributed by atoms with E-state index in [0.717, 1.165) is 17.5 Å². The lowest BCUT2D eigenvalue weighted by molar-refractivity contribution is -0.121. The van der Waals surface area contributed by atoms with Crippen LogP contribution in [0.2, 0.25) is 0 Å². The monoisotopic (exact) mass is 314 g/mol. The van der Waals surface area contributed by atoms with E-state index in [-0.39, 0.29) is 18.0 Å². The van der Waals surface area contributed by atoms with Crippen LogP contribution in [0.1, 0.15) is 6.42 Å². The van der Waals surface area contributed by atoms with Crippen molar-refractivity contribution in [3.8, 4) is 0 Å². The summed E-state index contributed by atoms with van der Waals surface area (Å²) in [5, 5.41) is 2.83. The highest BCUT2D eigenvalue weighted by Crippen LogP contribution is 2.10. The highest BCUT2D eigenvalue weighted by atomic mass is 79.9. The van der Waals surface area contributed by atoms with Crippen molar-refractivity contribution in [1.29, 1.82) is 0 Å². The molecule has 1 N–H and O–H groups in total. The first-order chi connectivity index (χ1) is 8.65. The number of nitrogens with one attached hydrogen (secondary N) is 1. The molecule has 1 fully saturated rings. The normalized spacial score (nSPS) is 18.8. The Bertz CT molecular complexity index is 480. The van der Waals surface area contributed by atoms with Crippen molar-refractivity contribution in [3.05, 3.63) is 33.2 Å². The zero-order chi connectivity index (χ0) is 13.0. The largest absolute Gasteiger partial charge is 0.381 e. The first-order valence-corrected chi connectivity index (χ1v) is 6.65. The van der Waals surface area contributed by atoms with Crippen molar-refractivity contribution >= 4 is 21.8 Å². The van der Waals surface area contributed by atoms with Gasteiger partial charge in [-0.05, 0) is 28.4 Å². The summed E-state index contributed by atoms with van der Waals surface area (Å²) < 4.78 is 7.39. The van der Waals surface area contributed by atoms with Crippen LogP contribution in [-0.2, 0) is 16.1 Å². The lowest BCUT2D eigenvalue weighted by Crippen LogP contribution is -2.34. The predicted molar refractivity (Wildman–Crippen MR) is 70.3 cm³/mol. The van der Waals surface area contributed by atoms with Crippen LogP contribution in [0.3, 0.4) is 0 Å². The second-order valence-electron chi connectivity index (χ2n) is 4.35. The zero-order valence-corrected chi connectivity index (χ0v) is 11.5. The maximum Gasteiger partial charge on any atom is 0.251 e. The molecule has 1 aromatic rings. The van der Waals surface area contributed by atoms with E-state index in [0.29, 0.717) is 19.1 Å². The van der Waals surface area contributed by atoms with E-state index in [1.165, 1.54) is 10.6 Å². The second kappa shape index (κ2) is 6.15. The molecule has 1 aliphatic rings. The van der Waals surface area contributed by atoms with Crippen molar-refractivity contribution < 1.29 is 9.53 Å². The summed E-state index contributed by atoms with van der Waals surface area (Å²) in [5.74, 6) is 0.246. The van der Waals surface area contributed by atoms with Gasteiger partial charge in [-0.3, -0.25) is 9.59 Å². The van der Waals surface area contributed by atoms with Crippen LogP contribution in [0.4, 0.5) is 0 Å². The molecule has 0 radical (unpaired) electrons. The molecule has 1 aliphatic heterocycles. The van der Waals surface area contributed by atoms with Crippen molar-refractivity contribution in [2.45, 2.75) is 13.0 Å². The number of nitrogens with zero attached hydrogens (tertiary/aromatic N) is 1. The van der Waals surface area contributed by atoms with Gasteiger partial charge in [-0.15, -0.1) is 0 Å². The average Bonchev–Trinajstić information content (AvgIpc) is 2.84. The summed E-state index contributed by atoms with van der Waals surface area (Å²) in [5.41, 5.74) is -0.183. The van der Waals surface area contributed by atoms with E-state index < -0.39 is 0 Å². The molecule has 5 nitrogen and oxygen atoms in total. The Kier molecular flexibility index (Phi) is 4.54. The van der Waals surface area contributed by atoms with Crippen LogP contribution in [0.15, 0.2) is 27.6 Å². The minimum absolute atomic E-state index is 0.0475. The molecule has 2 rings (SSSR count). The van der Waals surface area contributed by atoms with Gasteiger partial charge in [-0.2, -0.15) is 0 Å². The molecule has 0 saturated carbocycles. The van der Waals surface area contributed by atoms with Crippen molar-refractivity contribution in [2.24, 2.45) is 5.92 Å². The molecule has 1 amide bonds. The molecular weight excluding hydrogens is 300 g/mol. The number of amides is 1. The Hall–Kier alpha value is -1.14. The van der Waals surface area contributed by atoms with Gasteiger partial charge in [0, 0.05) is 35.8 Å².